The maximum absolute atomic E-state index is 12.5. The van der Waals surface area contributed by atoms with Gasteiger partial charge >= 0.3 is 6.03 Å². The number of hydrogen-bond donors (Lipinski definition) is 3. The Bertz CT molecular complexity index is 859. The number of benzene rings is 2. The Morgan fingerprint density at radius 1 is 1.10 bits per heavy atom. The minimum atomic E-state index is -0.198. The van der Waals surface area contributed by atoms with Crippen molar-refractivity contribution in [3.8, 4) is 0 Å². The van der Waals surface area contributed by atoms with E-state index in [4.69, 9.17) is 16.3 Å². The Morgan fingerprint density at radius 2 is 1.84 bits per heavy atom. The van der Waals surface area contributed by atoms with Gasteiger partial charge in [-0.25, -0.2) is 4.79 Å². The summed E-state index contributed by atoms with van der Waals surface area (Å²) in [7, 11) is 0. The molecular weight excluding hydrogens is 414 g/mol. The predicted molar refractivity (Wildman–Crippen MR) is 121 cm³/mol. The molecule has 2 aliphatic heterocycles. The second-order valence-corrected chi connectivity index (χ2v) is 8.85. The second-order valence-electron chi connectivity index (χ2n) is 8.41. The number of amides is 2. The van der Waals surface area contributed by atoms with Crippen LogP contribution in [0.15, 0.2) is 48.5 Å². The number of urea groups is 1. The number of nitrogens with zero attached hydrogens (tertiary/aromatic N) is 1. The summed E-state index contributed by atoms with van der Waals surface area (Å²) in [5.41, 5.74) is 3.29. The molecule has 31 heavy (non-hydrogen) atoms. The molecule has 0 saturated carbocycles. The molecule has 166 valence electrons. The smallest absolute Gasteiger partial charge is 0.315 e. The van der Waals surface area contributed by atoms with E-state index in [2.05, 4.69) is 27.7 Å². The van der Waals surface area contributed by atoms with E-state index in [1.807, 2.05) is 36.4 Å². The van der Waals surface area contributed by atoms with Gasteiger partial charge in [0.25, 0.3) is 0 Å². The van der Waals surface area contributed by atoms with Crippen molar-refractivity contribution in [2.24, 2.45) is 0 Å². The molecule has 0 aromatic heterocycles. The standard InChI is InChI=1S/C24H30ClN3O3/c25-20-9-7-19(8-10-20)23-22(2-1-13-31-23)27-24(30)26-14-17-3-5-18(6-4-17)15-28-12-11-21(29)16-28/h3-10,21-23,29H,1-2,11-16H2,(H2,26,27,30)/t21?,22-,23+/m1/s1. The number of carbonyl (C=O) groups excluding carboxylic acids is 1. The van der Waals surface area contributed by atoms with Crippen LogP contribution in [0.1, 0.15) is 42.1 Å². The molecule has 0 radical (unpaired) electrons. The molecule has 0 spiro atoms. The molecule has 1 unspecified atom stereocenters. The molecule has 0 aliphatic carbocycles. The average molecular weight is 444 g/mol. The van der Waals surface area contributed by atoms with Crippen LogP contribution in [-0.4, -0.2) is 47.9 Å². The number of rotatable bonds is 6. The first-order chi connectivity index (χ1) is 15.1. The predicted octanol–water partition coefficient (Wildman–Crippen LogP) is 3.63. The molecule has 4 rings (SSSR count). The zero-order valence-corrected chi connectivity index (χ0v) is 18.4. The van der Waals surface area contributed by atoms with Gasteiger partial charge in [-0.05, 0) is 48.1 Å². The fourth-order valence-corrected chi connectivity index (χ4v) is 4.41. The van der Waals surface area contributed by atoms with Crippen LogP contribution in [0, 0.1) is 0 Å². The number of likely N-dealkylation sites (tertiary alicyclic amines) is 1. The highest BCUT2D eigenvalue weighted by atomic mass is 35.5. The number of ether oxygens (including phenoxy) is 1. The number of nitrogens with one attached hydrogen (secondary N) is 2. The van der Waals surface area contributed by atoms with Crippen LogP contribution in [0.3, 0.4) is 0 Å². The van der Waals surface area contributed by atoms with Gasteiger partial charge in [-0.15, -0.1) is 0 Å². The highest BCUT2D eigenvalue weighted by molar-refractivity contribution is 6.30. The number of halogens is 1. The monoisotopic (exact) mass is 443 g/mol. The van der Waals surface area contributed by atoms with Crippen molar-refractivity contribution >= 4 is 17.6 Å². The third-order valence-corrected chi connectivity index (χ3v) is 6.22. The molecule has 3 atom stereocenters. The molecule has 2 aromatic carbocycles. The van der Waals surface area contributed by atoms with Crippen molar-refractivity contribution in [2.45, 2.75) is 50.6 Å². The Hall–Kier alpha value is -2.12. The number of carbonyl (C=O) groups is 1. The third kappa shape index (κ3) is 6.20. The number of aliphatic hydroxyl groups excluding tert-OH is 1. The zero-order valence-electron chi connectivity index (χ0n) is 17.6. The summed E-state index contributed by atoms with van der Waals surface area (Å²) in [5, 5.41) is 16.4. The first-order valence-corrected chi connectivity index (χ1v) is 11.3. The molecule has 3 N–H and O–H groups in total. The normalized spacial score (nSPS) is 24.1. The number of β-amino-alcohol motifs (C(OH)–C–C–N with tert-alkyl or cyclic N) is 1. The molecule has 0 bridgehead atoms. The lowest BCUT2D eigenvalue weighted by molar-refractivity contribution is -0.00742. The van der Waals surface area contributed by atoms with E-state index in [-0.39, 0.29) is 24.3 Å². The van der Waals surface area contributed by atoms with Crippen LogP contribution < -0.4 is 10.6 Å². The quantitative estimate of drug-likeness (QED) is 0.637. The van der Waals surface area contributed by atoms with E-state index in [0.717, 1.165) is 50.0 Å². The van der Waals surface area contributed by atoms with Crippen LogP contribution in [-0.2, 0) is 17.8 Å². The summed E-state index contributed by atoms with van der Waals surface area (Å²) in [5.74, 6) is 0. The first-order valence-electron chi connectivity index (χ1n) is 11.0. The summed E-state index contributed by atoms with van der Waals surface area (Å²) in [6, 6.07) is 15.6. The van der Waals surface area contributed by atoms with Gasteiger partial charge < -0.3 is 20.5 Å². The minimum absolute atomic E-state index is 0.0758. The van der Waals surface area contributed by atoms with Gasteiger partial charge in [0.05, 0.1) is 12.1 Å². The van der Waals surface area contributed by atoms with E-state index in [1.54, 1.807) is 0 Å². The molecule has 2 aliphatic rings. The summed E-state index contributed by atoms with van der Waals surface area (Å²) in [6.07, 6.45) is 2.28. The molecule has 7 heteroatoms. The molecular formula is C24H30ClN3O3. The summed E-state index contributed by atoms with van der Waals surface area (Å²) in [6.45, 7) is 3.68. The SMILES string of the molecule is O=C(NCc1ccc(CN2CCC(O)C2)cc1)N[C@@H]1CCCO[C@H]1c1ccc(Cl)cc1. The summed E-state index contributed by atoms with van der Waals surface area (Å²) in [4.78, 5) is 14.8. The van der Waals surface area contributed by atoms with Crippen molar-refractivity contribution < 1.29 is 14.6 Å². The molecule has 2 fully saturated rings. The topological polar surface area (TPSA) is 73.8 Å². The van der Waals surface area contributed by atoms with Gasteiger partial charge in [0.2, 0.25) is 0 Å². The Morgan fingerprint density at radius 3 is 2.55 bits per heavy atom. The Kier molecular flexibility index (Phi) is 7.45. The third-order valence-electron chi connectivity index (χ3n) is 5.97. The van der Waals surface area contributed by atoms with Crippen molar-refractivity contribution in [3.05, 3.63) is 70.2 Å². The Labute approximate surface area is 188 Å². The van der Waals surface area contributed by atoms with Crippen molar-refractivity contribution in [1.29, 1.82) is 0 Å². The minimum Gasteiger partial charge on any atom is -0.392 e. The van der Waals surface area contributed by atoms with Crippen LogP contribution in [0.5, 0.6) is 0 Å². The van der Waals surface area contributed by atoms with E-state index < -0.39 is 0 Å². The van der Waals surface area contributed by atoms with E-state index in [9.17, 15) is 9.90 Å². The van der Waals surface area contributed by atoms with Gasteiger partial charge in [-0.2, -0.15) is 0 Å². The first kappa shape index (κ1) is 22.1. The van der Waals surface area contributed by atoms with Crippen molar-refractivity contribution in [3.63, 3.8) is 0 Å². The van der Waals surface area contributed by atoms with E-state index >= 15 is 0 Å². The van der Waals surface area contributed by atoms with Gasteiger partial charge in [-0.3, -0.25) is 4.90 Å². The lowest BCUT2D eigenvalue weighted by Crippen LogP contribution is -2.46. The number of hydrogen-bond acceptors (Lipinski definition) is 4. The highest BCUT2D eigenvalue weighted by Crippen LogP contribution is 2.29. The number of aliphatic hydroxyl groups is 1. The van der Waals surface area contributed by atoms with Gasteiger partial charge in [0.15, 0.2) is 0 Å². The van der Waals surface area contributed by atoms with Crippen LogP contribution in [0.2, 0.25) is 5.02 Å². The summed E-state index contributed by atoms with van der Waals surface area (Å²) < 4.78 is 5.95. The second kappa shape index (κ2) is 10.5. The van der Waals surface area contributed by atoms with Crippen LogP contribution >= 0.6 is 11.6 Å². The lowest BCUT2D eigenvalue weighted by Gasteiger charge is -2.32. The van der Waals surface area contributed by atoms with Gasteiger partial charge in [0.1, 0.15) is 6.10 Å². The maximum atomic E-state index is 12.5. The van der Waals surface area contributed by atoms with E-state index in [0.29, 0.717) is 18.2 Å². The molecule has 6 nitrogen and oxygen atoms in total. The molecule has 2 amide bonds. The van der Waals surface area contributed by atoms with Crippen molar-refractivity contribution in [2.75, 3.05) is 19.7 Å². The average Bonchev–Trinajstić information content (AvgIpc) is 3.19. The van der Waals surface area contributed by atoms with Crippen LogP contribution in [0.25, 0.3) is 0 Å². The van der Waals surface area contributed by atoms with Gasteiger partial charge in [0, 0.05) is 37.8 Å². The summed E-state index contributed by atoms with van der Waals surface area (Å²) >= 11 is 6.00. The van der Waals surface area contributed by atoms with E-state index in [1.165, 1.54) is 5.56 Å². The Balaban J connectivity index is 1.26. The fourth-order valence-electron chi connectivity index (χ4n) is 4.29. The van der Waals surface area contributed by atoms with Crippen molar-refractivity contribution in [1.82, 2.24) is 15.5 Å². The van der Waals surface area contributed by atoms with Crippen LogP contribution in [0.4, 0.5) is 4.79 Å². The molecule has 2 saturated heterocycles. The fraction of sp³-hybridized carbons (Fsp3) is 0.458. The largest absolute Gasteiger partial charge is 0.392 e. The highest BCUT2D eigenvalue weighted by Gasteiger charge is 2.28. The molecule has 2 aromatic rings. The molecule has 2 heterocycles. The lowest BCUT2D eigenvalue weighted by atomic mass is 9.96. The maximum Gasteiger partial charge on any atom is 0.315 e. The zero-order chi connectivity index (χ0) is 21.6. The van der Waals surface area contributed by atoms with Gasteiger partial charge in [-0.1, -0.05) is 48.0 Å².